The normalized spacial score (nSPS) is 9.75. The van der Waals surface area contributed by atoms with Gasteiger partial charge in [0.25, 0.3) is 0 Å². The Hall–Kier alpha value is -2.07. The van der Waals surface area contributed by atoms with Crippen molar-refractivity contribution < 1.29 is 0 Å². The molecule has 0 fully saturated rings. The fourth-order valence-corrected chi connectivity index (χ4v) is 1.96. The summed E-state index contributed by atoms with van der Waals surface area (Å²) in [7, 11) is 0. The lowest BCUT2D eigenvalue weighted by molar-refractivity contribution is 1.13. The van der Waals surface area contributed by atoms with Crippen LogP contribution in [0.3, 0.4) is 0 Å². The smallest absolute Gasteiger partial charge is 0.0994 e. The van der Waals surface area contributed by atoms with Gasteiger partial charge in [-0.15, -0.1) is 0 Å². The van der Waals surface area contributed by atoms with Crippen LogP contribution in [0.5, 0.6) is 0 Å². The average molecular weight is 207 g/mol. The molecule has 0 radical (unpaired) electrons. The summed E-state index contributed by atoms with van der Waals surface area (Å²) in [6.07, 6.45) is 0.883. The Bertz CT molecular complexity index is 521. The molecule has 0 aliphatic heterocycles. The van der Waals surface area contributed by atoms with Crippen molar-refractivity contribution in [3.8, 4) is 17.2 Å². The summed E-state index contributed by atoms with van der Waals surface area (Å²) in [6, 6.07) is 18.4. The zero-order valence-electron chi connectivity index (χ0n) is 9.27. The summed E-state index contributed by atoms with van der Waals surface area (Å²) in [6.45, 7) is 2.09. The molecule has 16 heavy (non-hydrogen) atoms. The molecule has 1 heteroatoms. The first kappa shape index (κ1) is 10.4. The van der Waals surface area contributed by atoms with Crippen LogP contribution in [-0.2, 0) is 6.42 Å². The molecule has 0 unspecified atom stereocenters. The van der Waals surface area contributed by atoms with Gasteiger partial charge in [0.15, 0.2) is 0 Å². The highest BCUT2D eigenvalue weighted by molar-refractivity contribution is 5.70. The van der Waals surface area contributed by atoms with Gasteiger partial charge >= 0.3 is 0 Å². The summed E-state index contributed by atoms with van der Waals surface area (Å²) in [4.78, 5) is 0. The maximum Gasteiger partial charge on any atom is 0.0994 e. The molecule has 78 valence electrons. The molecule has 0 aliphatic rings. The molecule has 0 atom stereocenters. The van der Waals surface area contributed by atoms with Crippen LogP contribution in [0.15, 0.2) is 48.5 Å². The Morgan fingerprint density at radius 1 is 1.00 bits per heavy atom. The van der Waals surface area contributed by atoms with Crippen molar-refractivity contribution in [2.75, 3.05) is 0 Å². The third kappa shape index (κ3) is 1.83. The zero-order valence-corrected chi connectivity index (χ0v) is 9.27. The minimum atomic E-state index is 0.781. The summed E-state index contributed by atoms with van der Waals surface area (Å²) >= 11 is 0. The van der Waals surface area contributed by atoms with Crippen LogP contribution < -0.4 is 0 Å². The molecule has 0 heterocycles. The number of hydrogen-bond acceptors (Lipinski definition) is 1. The second-order valence-electron chi connectivity index (χ2n) is 3.66. The standard InChI is InChI=1S/C15H13N/c1-2-14-13(11-16)9-6-10-15(14)12-7-4-3-5-8-12/h3-10H,2H2,1H3. The number of benzene rings is 2. The minimum absolute atomic E-state index is 0.781. The SMILES string of the molecule is CCc1c(C#N)cccc1-c1ccccc1. The van der Waals surface area contributed by atoms with E-state index >= 15 is 0 Å². The highest BCUT2D eigenvalue weighted by Crippen LogP contribution is 2.26. The zero-order chi connectivity index (χ0) is 11.4. The van der Waals surface area contributed by atoms with Gasteiger partial charge in [0.05, 0.1) is 11.6 Å². The van der Waals surface area contributed by atoms with Crippen LogP contribution in [0.4, 0.5) is 0 Å². The first-order valence-corrected chi connectivity index (χ1v) is 5.44. The van der Waals surface area contributed by atoms with Gasteiger partial charge in [0.2, 0.25) is 0 Å². The largest absolute Gasteiger partial charge is 0.192 e. The lowest BCUT2D eigenvalue weighted by Gasteiger charge is -2.09. The van der Waals surface area contributed by atoms with E-state index in [0.29, 0.717) is 0 Å². The fraction of sp³-hybridized carbons (Fsp3) is 0.133. The molecule has 0 saturated heterocycles. The van der Waals surface area contributed by atoms with Crippen molar-refractivity contribution >= 4 is 0 Å². The molecule has 0 aromatic heterocycles. The van der Waals surface area contributed by atoms with Crippen molar-refractivity contribution in [2.24, 2.45) is 0 Å². The third-order valence-electron chi connectivity index (χ3n) is 2.73. The minimum Gasteiger partial charge on any atom is -0.192 e. The van der Waals surface area contributed by atoms with E-state index < -0.39 is 0 Å². The summed E-state index contributed by atoms with van der Waals surface area (Å²) in [5.41, 5.74) is 4.26. The van der Waals surface area contributed by atoms with Crippen molar-refractivity contribution in [2.45, 2.75) is 13.3 Å². The van der Waals surface area contributed by atoms with Crippen molar-refractivity contribution in [3.05, 3.63) is 59.7 Å². The van der Waals surface area contributed by atoms with Gasteiger partial charge in [-0.2, -0.15) is 5.26 Å². The van der Waals surface area contributed by atoms with Crippen molar-refractivity contribution in [1.82, 2.24) is 0 Å². The van der Waals surface area contributed by atoms with Gasteiger partial charge in [0, 0.05) is 0 Å². The Morgan fingerprint density at radius 2 is 1.75 bits per heavy atom. The highest BCUT2D eigenvalue weighted by atomic mass is 14.2. The van der Waals surface area contributed by atoms with Gasteiger partial charge in [-0.25, -0.2) is 0 Å². The average Bonchev–Trinajstić information content (AvgIpc) is 2.38. The molecule has 0 saturated carbocycles. The fourth-order valence-electron chi connectivity index (χ4n) is 1.96. The Balaban J connectivity index is 2.62. The van der Waals surface area contributed by atoms with Crippen molar-refractivity contribution in [3.63, 3.8) is 0 Å². The van der Waals surface area contributed by atoms with Crippen molar-refractivity contribution in [1.29, 1.82) is 5.26 Å². The Kier molecular flexibility index (Phi) is 3.03. The van der Waals surface area contributed by atoms with E-state index in [-0.39, 0.29) is 0 Å². The number of nitrogens with zero attached hydrogens (tertiary/aromatic N) is 1. The molecule has 0 amide bonds. The van der Waals surface area contributed by atoms with Crippen LogP contribution in [0.2, 0.25) is 0 Å². The van der Waals surface area contributed by atoms with Crippen LogP contribution in [-0.4, -0.2) is 0 Å². The van der Waals surface area contributed by atoms with E-state index in [1.165, 1.54) is 11.1 Å². The van der Waals surface area contributed by atoms with Crippen LogP contribution >= 0.6 is 0 Å². The number of nitriles is 1. The predicted molar refractivity (Wildman–Crippen MR) is 66.0 cm³/mol. The maximum atomic E-state index is 9.07. The quantitative estimate of drug-likeness (QED) is 0.735. The topological polar surface area (TPSA) is 23.8 Å². The van der Waals surface area contributed by atoms with Crippen LogP contribution in [0, 0.1) is 11.3 Å². The van der Waals surface area contributed by atoms with E-state index in [2.05, 4.69) is 31.2 Å². The molecule has 0 N–H and O–H groups in total. The first-order valence-electron chi connectivity index (χ1n) is 5.44. The van der Waals surface area contributed by atoms with Gasteiger partial charge in [-0.3, -0.25) is 0 Å². The summed E-state index contributed by atoms with van der Waals surface area (Å²) in [5, 5.41) is 9.07. The van der Waals surface area contributed by atoms with E-state index in [0.717, 1.165) is 17.5 Å². The number of rotatable bonds is 2. The first-order chi connectivity index (χ1) is 7.86. The van der Waals surface area contributed by atoms with Crippen LogP contribution in [0.25, 0.3) is 11.1 Å². The molecular weight excluding hydrogens is 194 g/mol. The monoisotopic (exact) mass is 207 g/mol. The van der Waals surface area contributed by atoms with E-state index in [1.54, 1.807) is 0 Å². The lowest BCUT2D eigenvalue weighted by atomic mass is 9.94. The molecular formula is C15H13N. The molecule has 2 rings (SSSR count). The molecule has 2 aromatic carbocycles. The molecule has 1 nitrogen and oxygen atoms in total. The van der Waals surface area contributed by atoms with Gasteiger partial charge < -0.3 is 0 Å². The van der Waals surface area contributed by atoms with Gasteiger partial charge in [-0.05, 0) is 29.2 Å². The maximum absolute atomic E-state index is 9.07. The van der Waals surface area contributed by atoms with Crippen LogP contribution in [0.1, 0.15) is 18.1 Å². The Labute approximate surface area is 96.0 Å². The molecule has 0 aliphatic carbocycles. The second-order valence-corrected chi connectivity index (χ2v) is 3.66. The van der Waals surface area contributed by atoms with Gasteiger partial charge in [0.1, 0.15) is 0 Å². The van der Waals surface area contributed by atoms with E-state index in [4.69, 9.17) is 5.26 Å². The summed E-state index contributed by atoms with van der Waals surface area (Å²) < 4.78 is 0. The van der Waals surface area contributed by atoms with E-state index in [9.17, 15) is 0 Å². The second kappa shape index (κ2) is 4.63. The summed E-state index contributed by atoms with van der Waals surface area (Å²) in [5.74, 6) is 0. The number of hydrogen-bond donors (Lipinski definition) is 0. The molecule has 2 aromatic rings. The Morgan fingerprint density at radius 3 is 2.38 bits per heavy atom. The molecule has 0 spiro atoms. The molecule has 0 bridgehead atoms. The lowest BCUT2D eigenvalue weighted by Crippen LogP contribution is -1.92. The third-order valence-corrected chi connectivity index (χ3v) is 2.73. The van der Waals surface area contributed by atoms with E-state index in [1.807, 2.05) is 30.3 Å². The van der Waals surface area contributed by atoms with Gasteiger partial charge in [-0.1, -0.05) is 49.4 Å². The predicted octanol–water partition coefficient (Wildman–Crippen LogP) is 3.79. The highest BCUT2D eigenvalue weighted by Gasteiger charge is 2.07.